The van der Waals surface area contributed by atoms with E-state index in [1.807, 2.05) is 31.1 Å². The van der Waals surface area contributed by atoms with Gasteiger partial charge in [-0.15, -0.1) is 0 Å². The maximum absolute atomic E-state index is 9.18. The van der Waals surface area contributed by atoms with Gasteiger partial charge in [-0.05, 0) is 31.8 Å². The molecule has 3 N–H and O–H groups in total. The number of aliphatic hydroxyl groups is 1. The smallest absolute Gasteiger partial charge is 0.137 e. The van der Waals surface area contributed by atoms with E-state index in [1.54, 1.807) is 13.2 Å². The molecule has 0 amide bonds. The Morgan fingerprint density at radius 1 is 1.47 bits per heavy atom. The Hall–Kier alpha value is -0.810. The number of methoxy groups -OCH3 is 1. The fraction of sp³-hybridized carbons (Fsp3) is 0.500. The van der Waals surface area contributed by atoms with Crippen LogP contribution < -0.4 is 10.5 Å². The van der Waals surface area contributed by atoms with E-state index >= 15 is 0 Å². The summed E-state index contributed by atoms with van der Waals surface area (Å²) in [7, 11) is 5.40. The van der Waals surface area contributed by atoms with E-state index in [1.165, 1.54) is 0 Å². The van der Waals surface area contributed by atoms with Gasteiger partial charge in [0.1, 0.15) is 5.75 Å². The van der Waals surface area contributed by atoms with Gasteiger partial charge in [-0.25, -0.2) is 0 Å². The minimum Gasteiger partial charge on any atom is -0.495 e. The third-order valence-corrected chi connectivity index (χ3v) is 2.99. The van der Waals surface area contributed by atoms with Gasteiger partial charge >= 0.3 is 0 Å². The lowest BCUT2D eigenvalue weighted by atomic mass is 9.99. The zero-order valence-corrected chi connectivity index (χ0v) is 11.1. The summed E-state index contributed by atoms with van der Waals surface area (Å²) in [5.41, 5.74) is 6.87. The highest BCUT2D eigenvalue weighted by Gasteiger charge is 2.22. The maximum Gasteiger partial charge on any atom is 0.137 e. The average molecular weight is 259 g/mol. The van der Waals surface area contributed by atoms with Crippen LogP contribution in [0.1, 0.15) is 11.6 Å². The van der Waals surface area contributed by atoms with Crippen LogP contribution in [0.2, 0.25) is 5.02 Å². The average Bonchev–Trinajstić information content (AvgIpc) is 2.28. The Labute approximate surface area is 107 Å². The lowest BCUT2D eigenvalue weighted by molar-refractivity contribution is 0.181. The number of nitrogens with zero attached hydrogens (tertiary/aromatic N) is 1. The summed E-state index contributed by atoms with van der Waals surface area (Å²) in [6.07, 6.45) is 0. The van der Waals surface area contributed by atoms with E-state index in [4.69, 9.17) is 22.1 Å². The van der Waals surface area contributed by atoms with E-state index in [9.17, 15) is 5.11 Å². The van der Waals surface area contributed by atoms with Crippen LogP contribution in [0.4, 0.5) is 0 Å². The maximum atomic E-state index is 9.18. The molecule has 2 unspecified atom stereocenters. The van der Waals surface area contributed by atoms with Gasteiger partial charge in [-0.1, -0.05) is 17.7 Å². The molecule has 0 fully saturated rings. The molecule has 0 aromatic heterocycles. The van der Waals surface area contributed by atoms with Crippen molar-refractivity contribution >= 4 is 11.6 Å². The SMILES string of the molecule is COc1ccc(C(C(N)CO)N(C)C)cc1Cl. The molecule has 1 rings (SSSR count). The lowest BCUT2D eigenvalue weighted by Crippen LogP contribution is -2.39. The van der Waals surface area contributed by atoms with Gasteiger partial charge in [0.05, 0.1) is 24.8 Å². The van der Waals surface area contributed by atoms with Crippen molar-refractivity contribution in [2.75, 3.05) is 27.8 Å². The molecular weight excluding hydrogens is 240 g/mol. The second-order valence-corrected chi connectivity index (χ2v) is 4.56. The predicted octanol–water partition coefficient (Wildman–Crippen LogP) is 1.27. The minimum atomic E-state index is -0.352. The second-order valence-electron chi connectivity index (χ2n) is 4.15. The van der Waals surface area contributed by atoms with Crippen LogP contribution in [-0.4, -0.2) is 43.9 Å². The Kier molecular flexibility index (Phi) is 5.21. The molecule has 4 nitrogen and oxygen atoms in total. The molecule has 0 saturated heterocycles. The van der Waals surface area contributed by atoms with Crippen LogP contribution >= 0.6 is 11.6 Å². The summed E-state index contributed by atoms with van der Waals surface area (Å²) in [6, 6.07) is 5.10. The van der Waals surface area contributed by atoms with Crippen molar-refractivity contribution in [3.05, 3.63) is 28.8 Å². The normalized spacial score (nSPS) is 14.8. The van der Waals surface area contributed by atoms with Crippen LogP contribution in [0.25, 0.3) is 0 Å². The first-order valence-electron chi connectivity index (χ1n) is 5.37. The van der Waals surface area contributed by atoms with Gasteiger partial charge in [0.15, 0.2) is 0 Å². The zero-order chi connectivity index (χ0) is 13.0. The summed E-state index contributed by atoms with van der Waals surface area (Å²) in [5, 5.41) is 9.72. The summed E-state index contributed by atoms with van der Waals surface area (Å²) >= 11 is 6.08. The fourth-order valence-electron chi connectivity index (χ4n) is 1.89. The van der Waals surface area contributed by atoms with Crippen LogP contribution in [0, 0.1) is 0 Å². The minimum absolute atomic E-state index is 0.0769. The van der Waals surface area contributed by atoms with Crippen LogP contribution in [0.15, 0.2) is 18.2 Å². The van der Waals surface area contributed by atoms with Crippen molar-refractivity contribution in [3.63, 3.8) is 0 Å². The van der Waals surface area contributed by atoms with E-state index in [-0.39, 0.29) is 18.7 Å². The van der Waals surface area contributed by atoms with Crippen molar-refractivity contribution < 1.29 is 9.84 Å². The number of aliphatic hydroxyl groups excluding tert-OH is 1. The number of rotatable bonds is 5. The molecule has 0 aliphatic heterocycles. The Morgan fingerprint density at radius 3 is 2.53 bits per heavy atom. The molecule has 1 aromatic rings. The van der Waals surface area contributed by atoms with Crippen molar-refractivity contribution in [3.8, 4) is 5.75 Å². The largest absolute Gasteiger partial charge is 0.495 e. The molecule has 17 heavy (non-hydrogen) atoms. The zero-order valence-electron chi connectivity index (χ0n) is 10.4. The molecule has 96 valence electrons. The predicted molar refractivity (Wildman–Crippen MR) is 69.5 cm³/mol. The van der Waals surface area contributed by atoms with Crippen LogP contribution in [0.5, 0.6) is 5.75 Å². The van der Waals surface area contributed by atoms with Crippen LogP contribution in [-0.2, 0) is 0 Å². The molecule has 0 saturated carbocycles. The first-order valence-corrected chi connectivity index (χ1v) is 5.75. The highest BCUT2D eigenvalue weighted by Crippen LogP contribution is 2.30. The summed E-state index contributed by atoms with van der Waals surface area (Å²) < 4.78 is 5.10. The van der Waals surface area contributed by atoms with Gasteiger partial charge in [-0.2, -0.15) is 0 Å². The van der Waals surface area contributed by atoms with Crippen molar-refractivity contribution in [2.45, 2.75) is 12.1 Å². The van der Waals surface area contributed by atoms with Gasteiger partial charge in [0, 0.05) is 6.04 Å². The van der Waals surface area contributed by atoms with Gasteiger partial charge in [0.2, 0.25) is 0 Å². The molecule has 0 aliphatic rings. The Bertz CT molecular complexity index is 372. The van der Waals surface area contributed by atoms with Crippen molar-refractivity contribution in [1.82, 2.24) is 4.90 Å². The number of likely N-dealkylation sites (N-methyl/N-ethyl adjacent to an activating group) is 1. The Balaban J connectivity index is 3.07. The van der Waals surface area contributed by atoms with Crippen molar-refractivity contribution in [2.24, 2.45) is 5.73 Å². The quantitative estimate of drug-likeness (QED) is 0.835. The third-order valence-electron chi connectivity index (χ3n) is 2.69. The third kappa shape index (κ3) is 3.33. The van der Waals surface area contributed by atoms with E-state index in [2.05, 4.69) is 0 Å². The number of ether oxygens (including phenoxy) is 1. The highest BCUT2D eigenvalue weighted by atomic mass is 35.5. The fourth-order valence-corrected chi connectivity index (χ4v) is 2.16. The van der Waals surface area contributed by atoms with Gasteiger partial charge in [0.25, 0.3) is 0 Å². The van der Waals surface area contributed by atoms with Gasteiger partial charge < -0.3 is 20.5 Å². The first-order chi connectivity index (χ1) is 8.01. The van der Waals surface area contributed by atoms with E-state index in [0.29, 0.717) is 10.8 Å². The molecule has 1 aromatic carbocycles. The molecule has 0 spiro atoms. The molecule has 0 heterocycles. The first kappa shape index (κ1) is 14.3. The van der Waals surface area contributed by atoms with E-state index < -0.39 is 0 Å². The number of hydrogen-bond acceptors (Lipinski definition) is 4. The van der Waals surface area contributed by atoms with Crippen LogP contribution in [0.3, 0.4) is 0 Å². The summed E-state index contributed by atoms with van der Waals surface area (Å²) in [4.78, 5) is 1.96. The number of hydrogen-bond donors (Lipinski definition) is 2. The van der Waals surface area contributed by atoms with E-state index in [0.717, 1.165) is 5.56 Å². The molecule has 2 atom stereocenters. The monoisotopic (exact) mass is 258 g/mol. The second kappa shape index (κ2) is 6.21. The molecule has 5 heteroatoms. The number of benzene rings is 1. The molecule has 0 radical (unpaired) electrons. The van der Waals surface area contributed by atoms with Gasteiger partial charge in [-0.3, -0.25) is 0 Å². The molecule has 0 bridgehead atoms. The Morgan fingerprint density at radius 2 is 2.12 bits per heavy atom. The van der Waals surface area contributed by atoms with Crippen molar-refractivity contribution in [1.29, 1.82) is 0 Å². The summed E-state index contributed by atoms with van der Waals surface area (Å²) in [6.45, 7) is -0.0769. The lowest BCUT2D eigenvalue weighted by Gasteiger charge is -2.29. The molecular formula is C12H19ClN2O2. The topological polar surface area (TPSA) is 58.7 Å². The standard InChI is InChI=1S/C12H19ClN2O2/c1-15(2)12(10(14)7-16)8-4-5-11(17-3)9(13)6-8/h4-6,10,12,16H,7,14H2,1-3H3. The molecule has 0 aliphatic carbocycles. The number of nitrogens with two attached hydrogens (primary N) is 1. The highest BCUT2D eigenvalue weighted by molar-refractivity contribution is 6.32. The number of halogens is 1. The summed E-state index contributed by atoms with van der Waals surface area (Å²) in [5.74, 6) is 0.630.